The first-order chi connectivity index (χ1) is 10.1. The first kappa shape index (κ1) is 15.1. The van der Waals surface area contributed by atoms with E-state index in [9.17, 15) is 15.2 Å². The maximum absolute atomic E-state index is 10.5. The highest BCUT2D eigenvalue weighted by atomic mass is 16.6. The third kappa shape index (κ3) is 4.97. The van der Waals surface area contributed by atoms with Crippen molar-refractivity contribution in [2.75, 3.05) is 13.1 Å². The molecule has 2 aromatic rings. The SMILES string of the molecule is O=[N+]([O-])c1cnn(CC(O)CNCCCn2cccn2)c1. The molecule has 0 radical (unpaired) electrons. The van der Waals surface area contributed by atoms with Gasteiger partial charge in [0.1, 0.15) is 12.4 Å². The van der Waals surface area contributed by atoms with E-state index in [0.29, 0.717) is 6.54 Å². The standard InChI is InChI=1S/C12H18N6O3/c19-12(10-17-9-11(7-15-17)18(20)21)8-13-3-1-5-16-6-2-4-14-16/h2,4,6-7,9,12-13,19H,1,3,5,8,10H2. The molecule has 1 atom stereocenters. The molecule has 9 heteroatoms. The number of aliphatic hydroxyl groups excluding tert-OH is 1. The predicted octanol–water partition coefficient (Wildman–Crippen LogP) is 0.0286. The predicted molar refractivity (Wildman–Crippen MR) is 74.6 cm³/mol. The van der Waals surface area contributed by atoms with Crippen LogP contribution in [-0.2, 0) is 13.1 Å². The van der Waals surface area contributed by atoms with Crippen LogP contribution in [0.2, 0.25) is 0 Å². The van der Waals surface area contributed by atoms with Crippen molar-refractivity contribution in [1.82, 2.24) is 24.9 Å². The molecule has 2 heterocycles. The molecule has 0 aliphatic heterocycles. The number of aromatic nitrogens is 4. The summed E-state index contributed by atoms with van der Waals surface area (Å²) in [6, 6.07) is 1.88. The van der Waals surface area contributed by atoms with Crippen LogP contribution in [0.1, 0.15) is 6.42 Å². The van der Waals surface area contributed by atoms with Crippen molar-refractivity contribution in [2.45, 2.75) is 25.6 Å². The van der Waals surface area contributed by atoms with Crippen molar-refractivity contribution < 1.29 is 10.0 Å². The van der Waals surface area contributed by atoms with Crippen molar-refractivity contribution in [3.05, 3.63) is 41.0 Å². The van der Waals surface area contributed by atoms with Gasteiger partial charge in [-0.1, -0.05) is 0 Å². The van der Waals surface area contributed by atoms with E-state index in [2.05, 4.69) is 15.5 Å². The molecule has 2 N–H and O–H groups in total. The lowest BCUT2D eigenvalue weighted by Crippen LogP contribution is -2.31. The summed E-state index contributed by atoms with van der Waals surface area (Å²) < 4.78 is 3.22. The number of nitro groups is 1. The lowest BCUT2D eigenvalue weighted by molar-refractivity contribution is -0.385. The Hall–Kier alpha value is -2.26. The normalized spacial score (nSPS) is 12.4. The van der Waals surface area contributed by atoms with E-state index in [-0.39, 0.29) is 12.2 Å². The minimum atomic E-state index is -0.644. The number of hydrogen-bond donors (Lipinski definition) is 2. The Kier molecular flexibility index (Phi) is 5.41. The second-order valence-electron chi connectivity index (χ2n) is 4.66. The van der Waals surface area contributed by atoms with Crippen LogP contribution in [0, 0.1) is 10.1 Å². The van der Waals surface area contributed by atoms with Crippen LogP contribution in [0.4, 0.5) is 5.69 Å². The van der Waals surface area contributed by atoms with Crippen molar-refractivity contribution in [3.8, 4) is 0 Å². The van der Waals surface area contributed by atoms with Crippen LogP contribution in [0.15, 0.2) is 30.9 Å². The van der Waals surface area contributed by atoms with Crippen molar-refractivity contribution in [3.63, 3.8) is 0 Å². The topological polar surface area (TPSA) is 111 Å². The average Bonchev–Trinajstić information content (AvgIpc) is 3.09. The number of aryl methyl sites for hydroxylation is 1. The smallest absolute Gasteiger partial charge is 0.306 e. The van der Waals surface area contributed by atoms with Crippen LogP contribution < -0.4 is 5.32 Å². The Labute approximate surface area is 121 Å². The van der Waals surface area contributed by atoms with E-state index in [1.54, 1.807) is 6.20 Å². The molecule has 0 fully saturated rings. The number of rotatable bonds is 9. The van der Waals surface area contributed by atoms with Gasteiger partial charge in [0, 0.05) is 25.5 Å². The van der Waals surface area contributed by atoms with Gasteiger partial charge in [-0.15, -0.1) is 0 Å². The molecule has 0 saturated heterocycles. The van der Waals surface area contributed by atoms with Crippen LogP contribution >= 0.6 is 0 Å². The van der Waals surface area contributed by atoms with Crippen molar-refractivity contribution >= 4 is 5.69 Å². The minimum Gasteiger partial charge on any atom is -0.390 e. The molecule has 9 nitrogen and oxygen atoms in total. The van der Waals surface area contributed by atoms with Crippen LogP contribution in [0.5, 0.6) is 0 Å². The number of aliphatic hydroxyl groups is 1. The fourth-order valence-electron chi connectivity index (χ4n) is 1.89. The summed E-state index contributed by atoms with van der Waals surface area (Å²) in [7, 11) is 0. The Morgan fingerprint density at radius 3 is 2.95 bits per heavy atom. The zero-order valence-electron chi connectivity index (χ0n) is 11.5. The van der Waals surface area contributed by atoms with Gasteiger partial charge in [-0.25, -0.2) is 0 Å². The highest BCUT2D eigenvalue weighted by Crippen LogP contribution is 2.07. The van der Waals surface area contributed by atoms with Gasteiger partial charge < -0.3 is 10.4 Å². The third-order valence-electron chi connectivity index (χ3n) is 2.91. The van der Waals surface area contributed by atoms with Gasteiger partial charge in [0.2, 0.25) is 0 Å². The van der Waals surface area contributed by atoms with Gasteiger partial charge in [0.25, 0.3) is 0 Å². The molecule has 0 aliphatic rings. The summed E-state index contributed by atoms with van der Waals surface area (Å²) in [6.07, 6.45) is 6.38. The molecular weight excluding hydrogens is 276 g/mol. The Bertz CT molecular complexity index is 553. The largest absolute Gasteiger partial charge is 0.390 e. The Morgan fingerprint density at radius 1 is 1.43 bits per heavy atom. The molecule has 2 rings (SSSR count). The first-order valence-electron chi connectivity index (χ1n) is 6.68. The molecule has 114 valence electrons. The average molecular weight is 294 g/mol. The number of hydrogen-bond acceptors (Lipinski definition) is 6. The molecule has 0 aliphatic carbocycles. The van der Waals surface area contributed by atoms with E-state index >= 15 is 0 Å². The summed E-state index contributed by atoms with van der Waals surface area (Å²) in [5.41, 5.74) is -0.0746. The van der Waals surface area contributed by atoms with E-state index in [0.717, 1.165) is 19.5 Å². The summed E-state index contributed by atoms with van der Waals surface area (Å²) in [5.74, 6) is 0. The molecule has 0 saturated carbocycles. The quantitative estimate of drug-likeness (QED) is 0.383. The molecule has 0 amide bonds. The third-order valence-corrected chi connectivity index (χ3v) is 2.91. The van der Waals surface area contributed by atoms with E-state index < -0.39 is 11.0 Å². The lowest BCUT2D eigenvalue weighted by Gasteiger charge is -2.11. The van der Waals surface area contributed by atoms with E-state index in [1.807, 2.05) is 16.9 Å². The fourth-order valence-corrected chi connectivity index (χ4v) is 1.89. The summed E-state index contributed by atoms with van der Waals surface area (Å²) in [6.45, 7) is 2.21. The molecule has 0 spiro atoms. The van der Waals surface area contributed by atoms with Crippen LogP contribution in [-0.4, -0.2) is 48.8 Å². The van der Waals surface area contributed by atoms with Crippen LogP contribution in [0.25, 0.3) is 0 Å². The molecular formula is C12H18N6O3. The molecule has 1 unspecified atom stereocenters. The highest BCUT2D eigenvalue weighted by molar-refractivity contribution is 5.20. The Balaban J connectivity index is 1.60. The minimum absolute atomic E-state index is 0.0746. The Morgan fingerprint density at radius 2 is 2.29 bits per heavy atom. The molecule has 2 aromatic heterocycles. The second kappa shape index (κ2) is 7.50. The zero-order valence-corrected chi connectivity index (χ0v) is 11.5. The van der Waals surface area contributed by atoms with Gasteiger partial charge in [-0.3, -0.25) is 19.5 Å². The second-order valence-corrected chi connectivity index (χ2v) is 4.66. The monoisotopic (exact) mass is 294 g/mol. The molecule has 0 bridgehead atoms. The molecule has 0 aromatic carbocycles. The summed E-state index contributed by atoms with van der Waals surface area (Å²) in [5, 5.41) is 31.4. The summed E-state index contributed by atoms with van der Waals surface area (Å²) >= 11 is 0. The van der Waals surface area contributed by atoms with Gasteiger partial charge in [-0.2, -0.15) is 10.2 Å². The number of nitrogens with zero attached hydrogens (tertiary/aromatic N) is 5. The van der Waals surface area contributed by atoms with Crippen LogP contribution in [0.3, 0.4) is 0 Å². The van der Waals surface area contributed by atoms with E-state index in [1.165, 1.54) is 17.1 Å². The highest BCUT2D eigenvalue weighted by Gasteiger charge is 2.11. The maximum Gasteiger partial charge on any atom is 0.306 e. The van der Waals surface area contributed by atoms with Crippen molar-refractivity contribution in [2.24, 2.45) is 0 Å². The number of nitrogens with one attached hydrogen (secondary N) is 1. The van der Waals surface area contributed by atoms with Gasteiger partial charge in [0.15, 0.2) is 0 Å². The van der Waals surface area contributed by atoms with Gasteiger partial charge in [-0.05, 0) is 19.0 Å². The fraction of sp³-hybridized carbons (Fsp3) is 0.500. The summed E-state index contributed by atoms with van der Waals surface area (Å²) in [4.78, 5) is 10.0. The van der Waals surface area contributed by atoms with Crippen molar-refractivity contribution in [1.29, 1.82) is 0 Å². The van der Waals surface area contributed by atoms with Gasteiger partial charge >= 0.3 is 5.69 Å². The van der Waals surface area contributed by atoms with Gasteiger partial charge in [0.05, 0.1) is 17.6 Å². The molecule has 21 heavy (non-hydrogen) atoms. The zero-order chi connectivity index (χ0) is 15.1. The lowest BCUT2D eigenvalue weighted by atomic mass is 10.3. The maximum atomic E-state index is 10.5. The van der Waals surface area contributed by atoms with E-state index in [4.69, 9.17) is 0 Å². The first-order valence-corrected chi connectivity index (χ1v) is 6.68.